The van der Waals surface area contributed by atoms with Gasteiger partial charge in [0.15, 0.2) is 0 Å². The minimum atomic E-state index is -3.75. The molecule has 0 aliphatic carbocycles. The Morgan fingerprint density at radius 3 is 1.80 bits per heavy atom. The Balaban J connectivity index is 0. The first-order valence-electron chi connectivity index (χ1n) is 2.17. The summed E-state index contributed by atoms with van der Waals surface area (Å²) in [4.78, 5) is 10.00. The van der Waals surface area contributed by atoms with Gasteiger partial charge in [-0.3, -0.25) is 0 Å². The van der Waals surface area contributed by atoms with Crippen LogP contribution in [0.2, 0.25) is 0 Å². The summed E-state index contributed by atoms with van der Waals surface area (Å²) in [5.41, 5.74) is 0. The lowest BCUT2D eigenvalue weighted by Gasteiger charge is -2.17. The van der Waals surface area contributed by atoms with Gasteiger partial charge in [0, 0.05) is 0 Å². The molecule has 10 heavy (non-hydrogen) atoms. The summed E-state index contributed by atoms with van der Waals surface area (Å²) in [6.07, 6.45) is 0. The molecule has 0 aromatic heterocycles. The molecule has 0 radical (unpaired) electrons. The number of nitrogens with zero attached hydrogens (tertiary/aromatic N) is 1. The van der Waals surface area contributed by atoms with E-state index in [2.05, 4.69) is 0 Å². The quantitative estimate of drug-likeness (QED) is 0.410. The first kappa shape index (κ1) is 12.1. The second kappa shape index (κ2) is 3.51. The second-order valence-electron chi connectivity index (χ2n) is 1.74. The summed E-state index contributed by atoms with van der Waals surface area (Å²) >= 11 is 0. The minimum Gasteiger partial charge on any atom is -0.476 e. The van der Waals surface area contributed by atoms with Gasteiger partial charge in [-0.2, -0.15) is 8.78 Å². The molecule has 1 N–H and O–H groups in total. The van der Waals surface area contributed by atoms with Gasteiger partial charge in [-0.15, -0.1) is 0 Å². The van der Waals surface area contributed by atoms with Crippen LogP contribution in [0.3, 0.4) is 0 Å². The van der Waals surface area contributed by atoms with Crippen LogP contribution in [0.25, 0.3) is 0 Å². The molecule has 6 heteroatoms. The van der Waals surface area contributed by atoms with Gasteiger partial charge in [0.1, 0.15) is 0 Å². The van der Waals surface area contributed by atoms with E-state index in [1.54, 1.807) is 0 Å². The lowest BCUT2D eigenvalue weighted by atomic mass is 10.5. The normalized spacial score (nSPS) is 10.9. The number of carboxylic acids is 1. The van der Waals surface area contributed by atoms with Gasteiger partial charge >= 0.3 is 12.0 Å². The zero-order chi connectivity index (χ0) is 7.65. The summed E-state index contributed by atoms with van der Waals surface area (Å²) in [5, 5.41) is 7.82. The average molecular weight is 153 g/mol. The van der Waals surface area contributed by atoms with Crippen molar-refractivity contribution in [2.75, 3.05) is 14.1 Å². The average Bonchev–Trinajstić information content (AvgIpc) is 1.65. The largest absolute Gasteiger partial charge is 0.476 e. The number of halogens is 2. The molecule has 0 saturated heterocycles. The van der Waals surface area contributed by atoms with E-state index in [0.717, 1.165) is 14.1 Å². The molecule has 0 unspecified atom stereocenters. The Hall–Kier alpha value is -0.645. The Morgan fingerprint density at radius 2 is 1.80 bits per heavy atom. The highest BCUT2D eigenvalue weighted by molar-refractivity contribution is 5.75. The van der Waals surface area contributed by atoms with E-state index >= 15 is 0 Å². The van der Waals surface area contributed by atoms with Crippen molar-refractivity contribution >= 4 is 14.4 Å². The molecule has 0 atom stereocenters. The monoisotopic (exact) mass is 153 g/mol. The van der Waals surface area contributed by atoms with Crippen molar-refractivity contribution < 1.29 is 18.7 Å². The fourth-order valence-electron chi connectivity index (χ4n) is 0.191. The second-order valence-corrected chi connectivity index (χ2v) is 1.74. The third-order valence-corrected chi connectivity index (χ3v) is 0.819. The summed E-state index contributed by atoms with van der Waals surface area (Å²) in [6.45, 7) is 0. The van der Waals surface area contributed by atoms with Crippen LogP contribution in [0.1, 0.15) is 0 Å². The predicted octanol–water partition coefficient (Wildman–Crippen LogP) is -0.959. The van der Waals surface area contributed by atoms with E-state index in [-0.39, 0.29) is 8.41 Å². The van der Waals surface area contributed by atoms with Gasteiger partial charge in [0.05, 0.1) is 8.41 Å². The first-order valence-corrected chi connectivity index (χ1v) is 2.17. The van der Waals surface area contributed by atoms with E-state index < -0.39 is 12.0 Å². The lowest BCUT2D eigenvalue weighted by molar-refractivity contribution is -0.189. The van der Waals surface area contributed by atoms with E-state index in [1.807, 2.05) is 0 Å². The maximum absolute atomic E-state index is 12.0. The maximum Gasteiger partial charge on any atom is 0.401 e. The molecule has 0 heterocycles. The van der Waals surface area contributed by atoms with Crippen LogP contribution in [0.4, 0.5) is 8.78 Å². The topological polar surface area (TPSA) is 40.5 Å². The van der Waals surface area contributed by atoms with Gasteiger partial charge in [-0.05, 0) is 14.1 Å². The molecule has 0 amide bonds. The van der Waals surface area contributed by atoms with Crippen molar-refractivity contribution in [3.8, 4) is 0 Å². The van der Waals surface area contributed by atoms with E-state index in [0.29, 0.717) is 4.90 Å². The predicted molar refractivity (Wildman–Crippen MR) is 36.2 cm³/mol. The van der Waals surface area contributed by atoms with E-state index in [1.165, 1.54) is 0 Å². The maximum atomic E-state index is 12.0. The van der Waals surface area contributed by atoms with Crippen molar-refractivity contribution in [3.05, 3.63) is 0 Å². The molecule has 0 rings (SSSR count). The SMILES string of the molecule is B.CN(C)C(F)(F)C(=O)O. The Labute approximate surface area is 59.2 Å². The summed E-state index contributed by atoms with van der Waals surface area (Å²) < 4.78 is 24.0. The molecular weight excluding hydrogens is 143 g/mol. The van der Waals surface area contributed by atoms with Crippen molar-refractivity contribution in [3.63, 3.8) is 0 Å². The summed E-state index contributed by atoms with van der Waals surface area (Å²) in [5.74, 6) is -2.13. The van der Waals surface area contributed by atoms with Crippen LogP contribution >= 0.6 is 0 Å². The van der Waals surface area contributed by atoms with Crippen LogP contribution in [-0.2, 0) is 4.79 Å². The van der Waals surface area contributed by atoms with Crippen molar-refractivity contribution in [1.29, 1.82) is 0 Å². The first-order chi connectivity index (χ1) is 3.89. The summed E-state index contributed by atoms with van der Waals surface area (Å²) in [6, 6.07) is -3.75. The molecule has 0 aliphatic rings. The molecule has 0 aromatic rings. The molecule has 0 aromatic carbocycles. The Bertz CT molecular complexity index is 128. The number of aliphatic carboxylic acids is 1. The molecular formula is C4H10BF2NO2. The number of hydrogen-bond donors (Lipinski definition) is 1. The highest BCUT2D eigenvalue weighted by atomic mass is 19.3. The number of likely N-dealkylation sites (N-methyl/N-ethyl adjacent to an activating group) is 1. The van der Waals surface area contributed by atoms with Gasteiger partial charge in [-0.1, -0.05) is 0 Å². The third-order valence-electron chi connectivity index (χ3n) is 0.819. The number of hydrogen-bond acceptors (Lipinski definition) is 2. The molecule has 3 nitrogen and oxygen atoms in total. The zero-order valence-electron chi connectivity index (χ0n) is 5.06. The van der Waals surface area contributed by atoms with E-state index in [4.69, 9.17) is 5.11 Å². The third kappa shape index (κ3) is 2.30. The zero-order valence-corrected chi connectivity index (χ0v) is 5.06. The van der Waals surface area contributed by atoms with Crippen LogP contribution in [0, 0.1) is 0 Å². The number of carboxylic acid groups (broad SMARTS) is 1. The fraction of sp³-hybridized carbons (Fsp3) is 0.750. The minimum absolute atomic E-state index is 0. The van der Waals surface area contributed by atoms with Crippen molar-refractivity contribution in [1.82, 2.24) is 4.90 Å². The summed E-state index contributed by atoms with van der Waals surface area (Å²) in [7, 11) is 1.99. The van der Waals surface area contributed by atoms with Gasteiger partial charge in [0.2, 0.25) is 0 Å². The molecule has 0 aliphatic heterocycles. The van der Waals surface area contributed by atoms with Gasteiger partial charge < -0.3 is 5.11 Å². The molecule has 0 fully saturated rings. The highest BCUT2D eigenvalue weighted by Crippen LogP contribution is 2.14. The standard InChI is InChI=1S/C4H7F2NO2.BH3/c1-7(2)4(5,6)3(8)9;/h1-2H3,(H,8,9);1H3. The molecule has 0 saturated carbocycles. The molecule has 60 valence electrons. The molecule has 0 bridgehead atoms. The van der Waals surface area contributed by atoms with Crippen molar-refractivity contribution in [2.24, 2.45) is 0 Å². The Morgan fingerprint density at radius 1 is 1.50 bits per heavy atom. The highest BCUT2D eigenvalue weighted by Gasteiger charge is 2.41. The van der Waals surface area contributed by atoms with Crippen LogP contribution in [0.15, 0.2) is 0 Å². The van der Waals surface area contributed by atoms with Crippen LogP contribution in [0.5, 0.6) is 0 Å². The van der Waals surface area contributed by atoms with Crippen LogP contribution in [-0.4, -0.2) is 44.5 Å². The van der Waals surface area contributed by atoms with Gasteiger partial charge in [0.25, 0.3) is 0 Å². The lowest BCUT2D eigenvalue weighted by Crippen LogP contribution is -2.42. The molecule has 0 spiro atoms. The van der Waals surface area contributed by atoms with Crippen molar-refractivity contribution in [2.45, 2.75) is 6.05 Å². The number of alkyl halides is 2. The number of carbonyl (C=O) groups is 1. The smallest absolute Gasteiger partial charge is 0.401 e. The number of rotatable bonds is 2. The van der Waals surface area contributed by atoms with E-state index in [9.17, 15) is 13.6 Å². The fourth-order valence-corrected chi connectivity index (χ4v) is 0.191. The van der Waals surface area contributed by atoms with Crippen LogP contribution < -0.4 is 0 Å². The Kier molecular flexibility index (Phi) is 4.23. The van der Waals surface area contributed by atoms with Gasteiger partial charge in [-0.25, -0.2) is 9.69 Å².